The molecule has 0 unspecified atom stereocenters. The van der Waals surface area contributed by atoms with Gasteiger partial charge >= 0.3 is 0 Å². The minimum atomic E-state index is 0.0829. The Morgan fingerprint density at radius 3 is 1.33 bits per heavy atom. The van der Waals surface area contributed by atoms with E-state index < -0.39 is 0 Å². The molecule has 6 aromatic carbocycles. The van der Waals surface area contributed by atoms with Crippen LogP contribution < -0.4 is 0 Å². The number of rotatable bonds is 0. The third kappa shape index (κ3) is 2.18. The van der Waals surface area contributed by atoms with Gasteiger partial charge in [-0.15, -0.1) is 0 Å². The van der Waals surface area contributed by atoms with E-state index in [-0.39, 0.29) is 5.75 Å². The maximum Gasteiger partial charge on any atom is 0.186 e. The molecule has 6 rings (SSSR count). The van der Waals surface area contributed by atoms with E-state index in [1.807, 2.05) is 18.2 Å². The molecule has 27 heavy (non-hydrogen) atoms. The molecule has 0 aliphatic rings. The summed E-state index contributed by atoms with van der Waals surface area (Å²) in [6.07, 6.45) is 0. The van der Waals surface area contributed by atoms with Crippen molar-refractivity contribution >= 4 is 53.9 Å². The first-order valence-corrected chi connectivity index (χ1v) is 9.14. The lowest BCUT2D eigenvalue weighted by molar-refractivity contribution is 0.360. The smallest absolute Gasteiger partial charge is 0.186 e. The van der Waals surface area contributed by atoms with Gasteiger partial charge in [0.2, 0.25) is 0 Å². The molecule has 0 spiro atoms. The molecule has 0 saturated carbocycles. The van der Waals surface area contributed by atoms with Gasteiger partial charge in [0, 0.05) is 5.39 Å². The van der Waals surface area contributed by atoms with E-state index >= 15 is 0 Å². The number of hydrogen-bond acceptors (Lipinski definition) is 0. The van der Waals surface area contributed by atoms with Gasteiger partial charge in [-0.1, -0.05) is 36.4 Å². The van der Waals surface area contributed by atoms with Gasteiger partial charge in [0.25, 0.3) is 0 Å². The van der Waals surface area contributed by atoms with Crippen molar-refractivity contribution in [2.24, 2.45) is 0 Å². The van der Waals surface area contributed by atoms with Crippen LogP contribution in [0.1, 0.15) is 0 Å². The molecule has 1 heteroatoms. The minimum Gasteiger partial charge on any atom is -0.289 e. The molecule has 0 aliphatic carbocycles. The van der Waals surface area contributed by atoms with E-state index in [0.29, 0.717) is 0 Å². The fraction of sp³-hybridized carbons (Fsp3) is 0. The van der Waals surface area contributed by atoms with E-state index in [0.717, 1.165) is 16.2 Å². The van der Waals surface area contributed by atoms with Crippen LogP contribution in [0.25, 0.3) is 53.9 Å². The summed E-state index contributed by atoms with van der Waals surface area (Å²) >= 11 is 0. The summed E-state index contributed by atoms with van der Waals surface area (Å²) < 4.78 is 0. The Morgan fingerprint density at radius 2 is 0.778 bits per heavy atom. The minimum absolute atomic E-state index is 0.0829. The standard InChI is InChI=1S/C26H15O/c27-26-7-3-6-18-10-21-13-22-11-19-8-16-4-1-2-5-17(16)9-20(19)12-23(22)14-24(21)15-25(18)26/h1-15H. The van der Waals surface area contributed by atoms with Crippen LogP contribution in [-0.2, 0) is 5.11 Å². The lowest BCUT2D eigenvalue weighted by Crippen LogP contribution is -1.81. The first-order chi connectivity index (χ1) is 13.2. The Balaban J connectivity index is 1.71. The molecule has 1 radical (unpaired) electrons. The Kier molecular flexibility index (Phi) is 2.81. The lowest BCUT2D eigenvalue weighted by Gasteiger charge is -2.08. The van der Waals surface area contributed by atoms with Gasteiger partial charge in [-0.2, -0.15) is 0 Å². The molecular formula is C26H15O. The predicted octanol–water partition coefficient (Wildman–Crippen LogP) is 7.60. The van der Waals surface area contributed by atoms with Crippen LogP contribution in [0.2, 0.25) is 0 Å². The Hall–Kier alpha value is -3.58. The Bertz CT molecular complexity index is 1530. The van der Waals surface area contributed by atoms with Crippen LogP contribution in [0.15, 0.2) is 91.0 Å². The first kappa shape index (κ1) is 14.6. The van der Waals surface area contributed by atoms with Gasteiger partial charge in [-0.3, -0.25) is 5.11 Å². The van der Waals surface area contributed by atoms with Crippen LogP contribution in [0, 0.1) is 0 Å². The Morgan fingerprint density at radius 1 is 0.370 bits per heavy atom. The molecule has 125 valence electrons. The van der Waals surface area contributed by atoms with Crippen molar-refractivity contribution in [1.82, 2.24) is 0 Å². The normalized spacial score (nSPS) is 11.9. The highest BCUT2D eigenvalue weighted by Gasteiger charge is 2.06. The van der Waals surface area contributed by atoms with Crippen molar-refractivity contribution in [2.75, 3.05) is 0 Å². The lowest BCUT2D eigenvalue weighted by atomic mass is 9.96. The van der Waals surface area contributed by atoms with E-state index in [1.165, 1.54) is 37.7 Å². The maximum absolute atomic E-state index is 12.2. The van der Waals surface area contributed by atoms with Crippen molar-refractivity contribution in [3.8, 4) is 5.75 Å². The molecular weight excluding hydrogens is 328 g/mol. The van der Waals surface area contributed by atoms with E-state index in [4.69, 9.17) is 0 Å². The summed E-state index contributed by atoms with van der Waals surface area (Å²) in [5.74, 6) is 0.0829. The monoisotopic (exact) mass is 343 g/mol. The molecule has 0 heterocycles. The Labute approximate surface area is 156 Å². The molecule has 0 aliphatic heterocycles. The zero-order valence-corrected chi connectivity index (χ0v) is 14.6. The van der Waals surface area contributed by atoms with Gasteiger partial charge in [-0.25, -0.2) is 0 Å². The molecule has 0 saturated heterocycles. The summed E-state index contributed by atoms with van der Waals surface area (Å²) in [6.45, 7) is 0. The second-order valence-electron chi connectivity index (χ2n) is 7.27. The molecule has 1 nitrogen and oxygen atoms in total. The van der Waals surface area contributed by atoms with Crippen LogP contribution in [0.4, 0.5) is 0 Å². The first-order valence-electron chi connectivity index (χ1n) is 9.14. The molecule has 0 bridgehead atoms. The average Bonchev–Trinajstić information content (AvgIpc) is 2.68. The summed E-state index contributed by atoms with van der Waals surface area (Å²) in [4.78, 5) is 0. The zero-order chi connectivity index (χ0) is 18.0. The fourth-order valence-corrected chi connectivity index (χ4v) is 4.19. The molecule has 0 N–H and O–H groups in total. The summed E-state index contributed by atoms with van der Waals surface area (Å²) in [5.41, 5.74) is 0. The third-order valence-corrected chi connectivity index (χ3v) is 5.57. The molecule has 0 amide bonds. The summed E-state index contributed by atoms with van der Waals surface area (Å²) in [5, 5.41) is 23.7. The number of benzene rings is 6. The highest BCUT2D eigenvalue weighted by Crippen LogP contribution is 2.34. The van der Waals surface area contributed by atoms with Gasteiger partial charge < -0.3 is 0 Å². The highest BCUT2D eigenvalue weighted by molar-refractivity contribution is 6.10. The molecule has 0 aromatic heterocycles. The van der Waals surface area contributed by atoms with Crippen molar-refractivity contribution in [2.45, 2.75) is 0 Å². The average molecular weight is 343 g/mol. The van der Waals surface area contributed by atoms with Gasteiger partial charge in [0.15, 0.2) is 5.75 Å². The van der Waals surface area contributed by atoms with Crippen LogP contribution in [-0.4, -0.2) is 0 Å². The third-order valence-electron chi connectivity index (χ3n) is 5.57. The van der Waals surface area contributed by atoms with Crippen LogP contribution in [0.3, 0.4) is 0 Å². The van der Waals surface area contributed by atoms with Gasteiger partial charge in [-0.05, 0) is 103 Å². The predicted molar refractivity (Wildman–Crippen MR) is 114 cm³/mol. The fourth-order valence-electron chi connectivity index (χ4n) is 4.19. The summed E-state index contributed by atoms with van der Waals surface area (Å²) in [7, 11) is 0. The van der Waals surface area contributed by atoms with Gasteiger partial charge in [0.1, 0.15) is 0 Å². The van der Waals surface area contributed by atoms with E-state index in [2.05, 4.69) is 66.7 Å². The largest absolute Gasteiger partial charge is 0.289 e. The molecule has 0 atom stereocenters. The molecule has 0 fully saturated rings. The van der Waals surface area contributed by atoms with Gasteiger partial charge in [0.05, 0.1) is 0 Å². The zero-order valence-electron chi connectivity index (χ0n) is 14.6. The highest BCUT2D eigenvalue weighted by atomic mass is 16.3. The second kappa shape index (κ2) is 5.21. The maximum atomic E-state index is 12.2. The van der Waals surface area contributed by atoms with Crippen molar-refractivity contribution in [3.05, 3.63) is 91.0 Å². The number of hydrogen-bond donors (Lipinski definition) is 0. The second-order valence-corrected chi connectivity index (χ2v) is 7.27. The topological polar surface area (TPSA) is 19.9 Å². The van der Waals surface area contributed by atoms with Crippen molar-refractivity contribution in [1.29, 1.82) is 0 Å². The SMILES string of the molecule is [O]c1cccc2cc3cc4cc5cc6ccccc6cc5cc4cc3cc12. The quantitative estimate of drug-likeness (QED) is 0.253. The van der Waals surface area contributed by atoms with E-state index in [9.17, 15) is 5.11 Å². The summed E-state index contributed by atoms with van der Waals surface area (Å²) in [6, 6.07) is 31.6. The van der Waals surface area contributed by atoms with Crippen LogP contribution in [0.5, 0.6) is 5.75 Å². The van der Waals surface area contributed by atoms with Crippen molar-refractivity contribution in [3.63, 3.8) is 0 Å². The van der Waals surface area contributed by atoms with Crippen molar-refractivity contribution < 1.29 is 5.11 Å². The van der Waals surface area contributed by atoms with Crippen LogP contribution >= 0.6 is 0 Å². The molecule has 6 aromatic rings. The van der Waals surface area contributed by atoms with E-state index in [1.54, 1.807) is 6.07 Å². The number of fused-ring (bicyclic) bond motifs is 5.